The summed E-state index contributed by atoms with van der Waals surface area (Å²) in [5, 5.41) is 9.29. The SMILES string of the molecule is CC(C#N)(Cc1ccco1)c1ccc(F)c(F)c1. The number of rotatable bonds is 3. The first-order valence-corrected chi connectivity index (χ1v) is 5.44. The van der Waals surface area contributed by atoms with E-state index in [9.17, 15) is 14.0 Å². The van der Waals surface area contributed by atoms with Gasteiger partial charge in [-0.25, -0.2) is 8.78 Å². The number of furan rings is 1. The molecule has 4 heteroatoms. The second-order valence-electron chi connectivity index (χ2n) is 4.33. The molecule has 2 rings (SSSR count). The smallest absolute Gasteiger partial charge is 0.159 e. The van der Waals surface area contributed by atoms with Crippen molar-refractivity contribution in [2.75, 3.05) is 0 Å². The average Bonchev–Trinajstić information content (AvgIpc) is 2.85. The van der Waals surface area contributed by atoms with Crippen LogP contribution >= 0.6 is 0 Å². The second-order valence-corrected chi connectivity index (χ2v) is 4.33. The number of halogens is 2. The van der Waals surface area contributed by atoms with Gasteiger partial charge in [0.15, 0.2) is 11.6 Å². The molecule has 1 aromatic carbocycles. The lowest BCUT2D eigenvalue weighted by atomic mass is 9.80. The highest BCUT2D eigenvalue weighted by Crippen LogP contribution is 2.28. The highest BCUT2D eigenvalue weighted by atomic mass is 19.2. The molecule has 0 aliphatic carbocycles. The Morgan fingerprint density at radius 3 is 2.61 bits per heavy atom. The van der Waals surface area contributed by atoms with Crippen LogP contribution in [0.5, 0.6) is 0 Å². The molecular formula is C14H11F2NO. The molecule has 0 aliphatic heterocycles. The summed E-state index contributed by atoms with van der Waals surface area (Å²) in [7, 11) is 0. The largest absolute Gasteiger partial charge is 0.469 e. The van der Waals surface area contributed by atoms with Gasteiger partial charge >= 0.3 is 0 Å². The van der Waals surface area contributed by atoms with E-state index >= 15 is 0 Å². The molecule has 0 aliphatic rings. The molecule has 1 atom stereocenters. The minimum absolute atomic E-state index is 0.307. The number of hydrogen-bond acceptors (Lipinski definition) is 2. The van der Waals surface area contributed by atoms with Crippen molar-refractivity contribution in [1.82, 2.24) is 0 Å². The van der Waals surface area contributed by atoms with Crippen molar-refractivity contribution in [1.29, 1.82) is 5.26 Å². The Kier molecular flexibility index (Phi) is 3.15. The van der Waals surface area contributed by atoms with Crippen LogP contribution in [0.4, 0.5) is 8.78 Å². The van der Waals surface area contributed by atoms with Gasteiger partial charge in [-0.3, -0.25) is 0 Å². The Bertz CT molecular complexity index is 586. The van der Waals surface area contributed by atoms with Gasteiger partial charge in [-0.2, -0.15) is 5.26 Å². The Morgan fingerprint density at radius 2 is 2.06 bits per heavy atom. The zero-order valence-corrected chi connectivity index (χ0v) is 9.78. The fourth-order valence-electron chi connectivity index (χ4n) is 1.81. The fraction of sp³-hybridized carbons (Fsp3) is 0.214. The van der Waals surface area contributed by atoms with Gasteiger partial charge in [0, 0.05) is 6.42 Å². The molecule has 2 aromatic rings. The topological polar surface area (TPSA) is 36.9 Å². The van der Waals surface area contributed by atoms with Crippen molar-refractivity contribution in [3.05, 3.63) is 59.6 Å². The summed E-state index contributed by atoms with van der Waals surface area (Å²) >= 11 is 0. The van der Waals surface area contributed by atoms with E-state index in [4.69, 9.17) is 4.42 Å². The van der Waals surface area contributed by atoms with Crippen LogP contribution in [0.2, 0.25) is 0 Å². The minimum atomic E-state index is -0.952. The lowest BCUT2D eigenvalue weighted by Gasteiger charge is -2.21. The van der Waals surface area contributed by atoms with Gasteiger partial charge in [-0.1, -0.05) is 6.07 Å². The van der Waals surface area contributed by atoms with Crippen LogP contribution in [0.3, 0.4) is 0 Å². The van der Waals surface area contributed by atoms with Gasteiger partial charge in [0.1, 0.15) is 5.76 Å². The highest BCUT2D eigenvalue weighted by Gasteiger charge is 2.29. The monoisotopic (exact) mass is 247 g/mol. The van der Waals surface area contributed by atoms with Crippen molar-refractivity contribution in [3.63, 3.8) is 0 Å². The molecule has 0 bridgehead atoms. The molecule has 1 heterocycles. The zero-order valence-electron chi connectivity index (χ0n) is 9.78. The van der Waals surface area contributed by atoms with E-state index in [2.05, 4.69) is 6.07 Å². The quantitative estimate of drug-likeness (QED) is 0.831. The van der Waals surface area contributed by atoms with Crippen molar-refractivity contribution in [2.45, 2.75) is 18.8 Å². The van der Waals surface area contributed by atoms with Crippen LogP contribution in [0.1, 0.15) is 18.2 Å². The maximum Gasteiger partial charge on any atom is 0.159 e. The van der Waals surface area contributed by atoms with Crippen LogP contribution in [0.25, 0.3) is 0 Å². The molecule has 0 saturated carbocycles. The summed E-state index contributed by atoms with van der Waals surface area (Å²) in [4.78, 5) is 0. The Hall–Kier alpha value is -2.15. The molecule has 0 saturated heterocycles. The predicted molar refractivity (Wildman–Crippen MR) is 61.7 cm³/mol. The standard InChI is InChI=1S/C14H11F2NO/c1-14(9-17,8-11-3-2-6-18-11)10-4-5-12(15)13(16)7-10/h2-7H,8H2,1H3. The minimum Gasteiger partial charge on any atom is -0.469 e. The van der Waals surface area contributed by atoms with Gasteiger partial charge in [0.2, 0.25) is 0 Å². The van der Waals surface area contributed by atoms with Crippen LogP contribution < -0.4 is 0 Å². The van der Waals surface area contributed by atoms with E-state index in [1.807, 2.05) is 0 Å². The maximum atomic E-state index is 13.2. The lowest BCUT2D eigenvalue weighted by Crippen LogP contribution is -2.22. The molecule has 0 N–H and O–H groups in total. The van der Waals surface area contributed by atoms with Crippen molar-refractivity contribution in [2.24, 2.45) is 0 Å². The second kappa shape index (κ2) is 4.61. The normalized spacial score (nSPS) is 13.9. The number of nitrogens with zero attached hydrogens (tertiary/aromatic N) is 1. The van der Waals surface area contributed by atoms with E-state index < -0.39 is 17.0 Å². The molecule has 1 aromatic heterocycles. The van der Waals surface area contributed by atoms with Crippen LogP contribution in [-0.4, -0.2) is 0 Å². The zero-order chi connectivity index (χ0) is 13.2. The van der Waals surface area contributed by atoms with Crippen LogP contribution in [0, 0.1) is 23.0 Å². The number of benzene rings is 1. The highest BCUT2D eigenvalue weighted by molar-refractivity contribution is 5.33. The average molecular weight is 247 g/mol. The third kappa shape index (κ3) is 2.25. The Balaban J connectivity index is 2.37. The summed E-state index contributed by atoms with van der Waals surface area (Å²) < 4.78 is 31.3. The van der Waals surface area contributed by atoms with Crippen LogP contribution in [-0.2, 0) is 11.8 Å². The molecule has 18 heavy (non-hydrogen) atoms. The summed E-state index contributed by atoms with van der Waals surface area (Å²) in [5.41, 5.74) is -0.521. The van der Waals surface area contributed by atoms with Gasteiger partial charge in [-0.15, -0.1) is 0 Å². The molecule has 2 nitrogen and oxygen atoms in total. The third-order valence-corrected chi connectivity index (χ3v) is 2.91. The first-order chi connectivity index (χ1) is 8.55. The van der Waals surface area contributed by atoms with Gasteiger partial charge < -0.3 is 4.42 Å². The Labute approximate surface area is 103 Å². The van der Waals surface area contributed by atoms with Gasteiger partial charge in [0.05, 0.1) is 17.7 Å². The van der Waals surface area contributed by atoms with Gasteiger partial charge in [-0.05, 0) is 36.8 Å². The fourth-order valence-corrected chi connectivity index (χ4v) is 1.81. The summed E-state index contributed by atoms with van der Waals surface area (Å²) in [6, 6.07) is 9.11. The van der Waals surface area contributed by atoms with Gasteiger partial charge in [0.25, 0.3) is 0 Å². The van der Waals surface area contributed by atoms with Crippen molar-refractivity contribution in [3.8, 4) is 6.07 Å². The Morgan fingerprint density at radius 1 is 1.28 bits per heavy atom. The summed E-state index contributed by atoms with van der Waals surface area (Å²) in [5.74, 6) is -1.24. The predicted octanol–water partition coefficient (Wildman–Crippen LogP) is 3.58. The summed E-state index contributed by atoms with van der Waals surface area (Å²) in [6.07, 6.45) is 1.82. The van der Waals surface area contributed by atoms with E-state index in [1.54, 1.807) is 19.1 Å². The van der Waals surface area contributed by atoms with E-state index in [0.717, 1.165) is 12.1 Å². The molecule has 0 amide bonds. The first-order valence-electron chi connectivity index (χ1n) is 5.44. The third-order valence-electron chi connectivity index (χ3n) is 2.91. The van der Waals surface area contributed by atoms with E-state index in [1.165, 1.54) is 12.3 Å². The molecule has 0 radical (unpaired) electrons. The number of hydrogen-bond donors (Lipinski definition) is 0. The molecule has 0 spiro atoms. The van der Waals surface area contributed by atoms with E-state index in [-0.39, 0.29) is 0 Å². The molecule has 92 valence electrons. The first kappa shape index (κ1) is 12.3. The molecular weight excluding hydrogens is 236 g/mol. The molecule has 1 unspecified atom stereocenters. The lowest BCUT2D eigenvalue weighted by molar-refractivity contribution is 0.457. The van der Waals surface area contributed by atoms with E-state index in [0.29, 0.717) is 17.7 Å². The van der Waals surface area contributed by atoms with Crippen LogP contribution in [0.15, 0.2) is 41.0 Å². The maximum absolute atomic E-state index is 13.2. The van der Waals surface area contributed by atoms with Crippen molar-refractivity contribution < 1.29 is 13.2 Å². The summed E-state index contributed by atoms with van der Waals surface area (Å²) in [6.45, 7) is 1.67. The number of nitriles is 1. The molecule has 0 fully saturated rings. The van der Waals surface area contributed by atoms with Crippen molar-refractivity contribution >= 4 is 0 Å².